The highest BCUT2D eigenvalue weighted by molar-refractivity contribution is 5.98. The number of rotatable bonds is 3. The summed E-state index contributed by atoms with van der Waals surface area (Å²) in [5.74, 6) is -1.32. The summed E-state index contributed by atoms with van der Waals surface area (Å²) in [6.45, 7) is -0.247. The van der Waals surface area contributed by atoms with E-state index >= 15 is 0 Å². The average molecular weight is 458 g/mol. The van der Waals surface area contributed by atoms with Crippen LogP contribution in [-0.2, 0) is 14.3 Å². The van der Waals surface area contributed by atoms with Gasteiger partial charge in [0.25, 0.3) is 6.10 Å². The predicted molar refractivity (Wildman–Crippen MR) is 93.5 cm³/mol. The van der Waals surface area contributed by atoms with E-state index < -0.39 is 41.8 Å². The molecule has 1 aliphatic heterocycles. The number of hydrogen-bond donors (Lipinski definition) is 1. The normalized spacial score (nSPS) is 24.2. The minimum atomic E-state index is -5.77. The van der Waals surface area contributed by atoms with Gasteiger partial charge in [0, 0.05) is 24.9 Å². The van der Waals surface area contributed by atoms with Gasteiger partial charge >= 0.3 is 18.4 Å². The monoisotopic (exact) mass is 458 g/mol. The van der Waals surface area contributed by atoms with E-state index in [2.05, 4.69) is 10.1 Å². The highest BCUT2D eigenvalue weighted by atomic mass is 19.4. The van der Waals surface area contributed by atoms with Crippen LogP contribution in [0, 0.1) is 17.3 Å². The van der Waals surface area contributed by atoms with Crippen molar-refractivity contribution in [1.29, 1.82) is 0 Å². The molecule has 0 unspecified atom stereocenters. The van der Waals surface area contributed by atoms with Crippen LogP contribution < -0.4 is 5.32 Å². The van der Waals surface area contributed by atoms with Crippen molar-refractivity contribution in [3.05, 3.63) is 0 Å². The Morgan fingerprint density at radius 3 is 1.97 bits per heavy atom. The summed E-state index contributed by atoms with van der Waals surface area (Å²) in [5, 5.41) is 2.44. The number of nitrogens with one attached hydrogen (secondary N) is 1. The van der Waals surface area contributed by atoms with Crippen LogP contribution in [0.4, 0.5) is 31.1 Å². The van der Waals surface area contributed by atoms with Crippen molar-refractivity contribution in [2.24, 2.45) is 17.3 Å². The Labute approximate surface area is 174 Å². The third kappa shape index (κ3) is 5.43. The zero-order chi connectivity index (χ0) is 23.0. The number of halogens is 6. The smallest absolute Gasteiger partial charge is 0.426 e. The van der Waals surface area contributed by atoms with Crippen molar-refractivity contribution in [1.82, 2.24) is 10.2 Å². The number of likely N-dealkylation sites (tertiary alicyclic amines) is 1. The van der Waals surface area contributed by atoms with Crippen LogP contribution in [0.2, 0.25) is 0 Å². The Bertz CT molecular complexity index is 695. The minimum Gasteiger partial charge on any atom is -0.426 e. The number of alkyl halides is 6. The van der Waals surface area contributed by atoms with E-state index in [1.54, 1.807) is 0 Å². The van der Waals surface area contributed by atoms with Crippen LogP contribution in [0.3, 0.4) is 0 Å². The van der Waals surface area contributed by atoms with Crippen LogP contribution in [0.5, 0.6) is 0 Å². The molecule has 3 amide bonds. The molecule has 0 aromatic rings. The lowest BCUT2D eigenvalue weighted by atomic mass is 9.88. The summed E-state index contributed by atoms with van der Waals surface area (Å²) < 4.78 is 79.1. The third-order valence-corrected chi connectivity index (χ3v) is 6.56. The van der Waals surface area contributed by atoms with E-state index in [4.69, 9.17) is 0 Å². The molecular weight excluding hydrogens is 434 g/mol. The molecule has 3 rings (SSSR count). The second-order valence-electron chi connectivity index (χ2n) is 8.64. The molecule has 1 heterocycles. The van der Waals surface area contributed by atoms with Gasteiger partial charge in [-0.05, 0) is 37.5 Å². The number of carbonyl (C=O) groups excluding carboxylic acids is 3. The fraction of sp³-hybridized carbons (Fsp3) is 0.842. The molecule has 1 N–H and O–H groups in total. The number of carbonyl (C=O) groups is 3. The molecule has 0 aromatic heterocycles. The largest absolute Gasteiger partial charge is 0.434 e. The Morgan fingerprint density at radius 2 is 1.45 bits per heavy atom. The van der Waals surface area contributed by atoms with Gasteiger partial charge < -0.3 is 9.64 Å². The molecule has 1 atom stereocenters. The van der Waals surface area contributed by atoms with Crippen LogP contribution in [0.15, 0.2) is 0 Å². The van der Waals surface area contributed by atoms with Gasteiger partial charge in [-0.3, -0.25) is 14.9 Å². The molecule has 1 saturated heterocycles. The number of imide groups is 1. The molecule has 0 bridgehead atoms. The van der Waals surface area contributed by atoms with Crippen molar-refractivity contribution in [3.8, 4) is 0 Å². The maximum absolute atomic E-state index is 12.6. The van der Waals surface area contributed by atoms with E-state index in [0.29, 0.717) is 6.42 Å². The van der Waals surface area contributed by atoms with Gasteiger partial charge in [-0.1, -0.05) is 19.3 Å². The van der Waals surface area contributed by atoms with Gasteiger partial charge in [0.1, 0.15) is 0 Å². The van der Waals surface area contributed by atoms with Crippen LogP contribution in [0.1, 0.15) is 51.4 Å². The Kier molecular flexibility index (Phi) is 6.48. The average Bonchev–Trinajstić information content (AvgIpc) is 3.38. The Hall–Kier alpha value is -2.01. The zero-order valence-corrected chi connectivity index (χ0v) is 16.7. The maximum Gasteiger partial charge on any atom is 0.434 e. The summed E-state index contributed by atoms with van der Waals surface area (Å²) in [6, 6.07) is 0. The first-order valence-corrected chi connectivity index (χ1v) is 10.3. The first kappa shape index (κ1) is 23.6. The Balaban J connectivity index is 1.49. The van der Waals surface area contributed by atoms with Gasteiger partial charge in [0.15, 0.2) is 0 Å². The molecule has 2 saturated carbocycles. The van der Waals surface area contributed by atoms with Crippen molar-refractivity contribution < 1.29 is 45.5 Å². The predicted octanol–water partition coefficient (Wildman–Crippen LogP) is 3.94. The molecule has 176 valence electrons. The first-order valence-electron chi connectivity index (χ1n) is 10.3. The van der Waals surface area contributed by atoms with Crippen molar-refractivity contribution >= 4 is 17.9 Å². The number of nitrogens with zero attached hydrogens (tertiary/aromatic N) is 1. The topological polar surface area (TPSA) is 75.7 Å². The van der Waals surface area contributed by atoms with Gasteiger partial charge in [0.2, 0.25) is 11.8 Å². The Morgan fingerprint density at radius 1 is 0.903 bits per heavy atom. The lowest BCUT2D eigenvalue weighted by Crippen LogP contribution is -2.49. The molecule has 31 heavy (non-hydrogen) atoms. The number of hydrogen-bond acceptors (Lipinski definition) is 4. The second-order valence-corrected chi connectivity index (χ2v) is 8.64. The van der Waals surface area contributed by atoms with Crippen LogP contribution in [-0.4, -0.2) is 54.4 Å². The molecule has 0 radical (unpaired) electrons. The standard InChI is InChI=1S/C19H24F6N2O4/c20-18(21,22)15(19(23,24)25)31-16(30)27-8-6-17(7-9-27)10-12(17)14(29)26-13(28)11-4-2-1-3-5-11/h11-12,15H,1-10H2,(H,26,28,29)/t12-/m0/s1. The van der Waals surface area contributed by atoms with Gasteiger partial charge in [0.05, 0.1) is 0 Å². The van der Waals surface area contributed by atoms with E-state index in [1.807, 2.05) is 0 Å². The fourth-order valence-electron chi connectivity index (χ4n) is 4.58. The van der Waals surface area contributed by atoms with Crippen LogP contribution >= 0.6 is 0 Å². The quantitative estimate of drug-likeness (QED) is 0.514. The molecule has 1 spiro atoms. The highest BCUT2D eigenvalue weighted by Crippen LogP contribution is 2.59. The van der Waals surface area contributed by atoms with Crippen LogP contribution in [0.25, 0.3) is 0 Å². The summed E-state index contributed by atoms with van der Waals surface area (Å²) in [7, 11) is 0. The first-order chi connectivity index (χ1) is 14.3. The molecule has 6 nitrogen and oxygen atoms in total. The summed E-state index contributed by atoms with van der Waals surface area (Å²) in [5.41, 5.74) is -0.485. The summed E-state index contributed by atoms with van der Waals surface area (Å²) >= 11 is 0. The third-order valence-electron chi connectivity index (χ3n) is 6.56. The fourth-order valence-corrected chi connectivity index (χ4v) is 4.58. The lowest BCUT2D eigenvalue weighted by molar-refractivity contribution is -0.308. The number of ether oxygens (including phenoxy) is 1. The van der Waals surface area contributed by atoms with E-state index in [-0.39, 0.29) is 37.8 Å². The molecule has 12 heteroatoms. The van der Waals surface area contributed by atoms with Crippen molar-refractivity contribution in [2.75, 3.05) is 13.1 Å². The van der Waals surface area contributed by atoms with Gasteiger partial charge in [-0.2, -0.15) is 26.3 Å². The summed E-state index contributed by atoms with van der Waals surface area (Å²) in [4.78, 5) is 37.3. The van der Waals surface area contributed by atoms with Gasteiger partial charge in [-0.15, -0.1) is 0 Å². The highest BCUT2D eigenvalue weighted by Gasteiger charge is 2.62. The molecule has 0 aromatic carbocycles. The SMILES string of the molecule is O=C(NC(=O)[C@@H]1CC12CCN(C(=O)OC(C(F)(F)F)C(F)(F)F)CC2)C1CCCCC1. The molecule has 3 aliphatic rings. The number of amides is 3. The molecule has 3 fully saturated rings. The number of piperidine rings is 1. The van der Waals surface area contributed by atoms with Gasteiger partial charge in [-0.25, -0.2) is 4.79 Å². The van der Waals surface area contributed by atoms with E-state index in [0.717, 1.165) is 37.0 Å². The minimum absolute atomic E-state index is 0.123. The molecule has 2 aliphatic carbocycles. The zero-order valence-electron chi connectivity index (χ0n) is 16.7. The van der Waals surface area contributed by atoms with E-state index in [9.17, 15) is 40.7 Å². The lowest BCUT2D eigenvalue weighted by Gasteiger charge is -2.33. The van der Waals surface area contributed by atoms with Crippen molar-refractivity contribution in [3.63, 3.8) is 0 Å². The van der Waals surface area contributed by atoms with Crippen molar-refractivity contribution in [2.45, 2.75) is 69.8 Å². The maximum atomic E-state index is 12.6. The molecular formula is C19H24F6N2O4. The second kappa shape index (κ2) is 8.50. The summed E-state index contributed by atoms with van der Waals surface area (Å²) in [6.07, 6.45) is -12.1. The van der Waals surface area contributed by atoms with E-state index in [1.165, 1.54) is 0 Å².